The number of esters is 1. The molecule has 0 aliphatic rings. The van der Waals surface area contributed by atoms with Gasteiger partial charge < -0.3 is 10.1 Å². The molecule has 3 atom stereocenters. The molecule has 0 saturated heterocycles. The normalized spacial score (nSPS) is 16.5. The first-order valence-corrected chi connectivity index (χ1v) is 5.52. The Balaban J connectivity index is 4.52. The highest BCUT2D eigenvalue weighted by Gasteiger charge is 2.26. The van der Waals surface area contributed by atoms with E-state index in [1.54, 1.807) is 0 Å². The minimum atomic E-state index is -0.218. The molecule has 0 bridgehead atoms. The van der Waals surface area contributed by atoms with Crippen LogP contribution in [0.25, 0.3) is 0 Å². The van der Waals surface area contributed by atoms with Crippen LogP contribution >= 0.6 is 0 Å². The van der Waals surface area contributed by atoms with Crippen molar-refractivity contribution in [2.75, 3.05) is 7.05 Å². The van der Waals surface area contributed by atoms with Crippen LogP contribution in [0.5, 0.6) is 0 Å². The zero-order valence-electron chi connectivity index (χ0n) is 10.2. The van der Waals surface area contributed by atoms with Crippen molar-refractivity contribution in [1.82, 2.24) is 5.32 Å². The zero-order chi connectivity index (χ0) is 11.8. The van der Waals surface area contributed by atoms with Crippen LogP contribution < -0.4 is 5.32 Å². The first-order valence-electron chi connectivity index (χ1n) is 5.52. The van der Waals surface area contributed by atoms with Crippen LogP contribution in [0.15, 0.2) is 12.7 Å². The lowest BCUT2D eigenvalue weighted by molar-refractivity contribution is -0.150. The molecule has 0 rings (SSSR count). The smallest absolute Gasteiger partial charge is 0.302 e. The average molecular weight is 213 g/mol. The third-order valence-electron chi connectivity index (χ3n) is 2.61. The van der Waals surface area contributed by atoms with Gasteiger partial charge in [-0.2, -0.15) is 0 Å². The molecule has 0 radical (unpaired) electrons. The predicted octanol–water partition coefficient (Wildman–Crippen LogP) is 2.13. The van der Waals surface area contributed by atoms with Crippen molar-refractivity contribution < 1.29 is 9.53 Å². The zero-order valence-corrected chi connectivity index (χ0v) is 10.2. The van der Waals surface area contributed by atoms with Crippen LogP contribution in [-0.2, 0) is 9.53 Å². The average Bonchev–Trinajstić information content (AvgIpc) is 2.18. The van der Waals surface area contributed by atoms with E-state index in [0.29, 0.717) is 5.92 Å². The van der Waals surface area contributed by atoms with Crippen LogP contribution in [0, 0.1) is 5.92 Å². The maximum absolute atomic E-state index is 11.0. The fraction of sp³-hybridized carbons (Fsp3) is 0.750. The minimum Gasteiger partial charge on any atom is -0.461 e. The molecule has 15 heavy (non-hydrogen) atoms. The van der Waals surface area contributed by atoms with Crippen molar-refractivity contribution in [3.05, 3.63) is 12.7 Å². The van der Waals surface area contributed by atoms with Crippen LogP contribution in [0.3, 0.4) is 0 Å². The van der Waals surface area contributed by atoms with E-state index in [1.807, 2.05) is 13.1 Å². The monoisotopic (exact) mass is 213 g/mol. The molecule has 0 amide bonds. The number of likely N-dealkylation sites (N-methyl/N-ethyl adjacent to an activating group) is 1. The quantitative estimate of drug-likeness (QED) is 0.520. The van der Waals surface area contributed by atoms with Crippen molar-refractivity contribution in [3.8, 4) is 0 Å². The Morgan fingerprint density at radius 3 is 2.53 bits per heavy atom. The Morgan fingerprint density at radius 1 is 1.60 bits per heavy atom. The first-order chi connectivity index (χ1) is 7.06. The van der Waals surface area contributed by atoms with E-state index >= 15 is 0 Å². The number of carbonyl (C=O) groups is 1. The van der Waals surface area contributed by atoms with E-state index in [0.717, 1.165) is 12.8 Å². The third-order valence-corrected chi connectivity index (χ3v) is 2.61. The van der Waals surface area contributed by atoms with Gasteiger partial charge in [0.05, 0.1) is 0 Å². The van der Waals surface area contributed by atoms with Gasteiger partial charge in [-0.1, -0.05) is 19.9 Å². The summed E-state index contributed by atoms with van der Waals surface area (Å²) in [5.41, 5.74) is 0. The highest BCUT2D eigenvalue weighted by atomic mass is 16.5. The van der Waals surface area contributed by atoms with Crippen LogP contribution in [0.1, 0.15) is 33.6 Å². The van der Waals surface area contributed by atoms with Crippen molar-refractivity contribution in [2.24, 2.45) is 5.92 Å². The summed E-state index contributed by atoms with van der Waals surface area (Å²) >= 11 is 0. The Kier molecular flexibility index (Phi) is 7.05. The second kappa shape index (κ2) is 7.46. The molecule has 88 valence electrons. The van der Waals surface area contributed by atoms with Gasteiger partial charge in [0.15, 0.2) is 0 Å². The number of ether oxygens (including phenoxy) is 1. The molecule has 0 heterocycles. The minimum absolute atomic E-state index is 0.0736. The standard InChI is InChI=1S/C12H23NO2/c1-6-8-9(3)12(15-10(4)14)11(7-2)13-5/h6,9,11-13H,1,7-8H2,2-5H3/t9-,11-,12-/m1/s1. The summed E-state index contributed by atoms with van der Waals surface area (Å²) in [5.74, 6) is 0.0772. The summed E-state index contributed by atoms with van der Waals surface area (Å²) in [4.78, 5) is 11.0. The van der Waals surface area contributed by atoms with E-state index in [9.17, 15) is 4.79 Å². The molecule has 0 aliphatic heterocycles. The second-order valence-corrected chi connectivity index (χ2v) is 3.88. The predicted molar refractivity (Wildman–Crippen MR) is 62.7 cm³/mol. The van der Waals surface area contributed by atoms with Gasteiger partial charge >= 0.3 is 5.97 Å². The van der Waals surface area contributed by atoms with Gasteiger partial charge in [-0.25, -0.2) is 0 Å². The van der Waals surface area contributed by atoms with Gasteiger partial charge in [0, 0.05) is 13.0 Å². The molecule has 0 aromatic heterocycles. The van der Waals surface area contributed by atoms with Crippen molar-refractivity contribution in [2.45, 2.75) is 45.8 Å². The van der Waals surface area contributed by atoms with E-state index in [1.165, 1.54) is 6.92 Å². The van der Waals surface area contributed by atoms with E-state index in [2.05, 4.69) is 25.7 Å². The molecule has 0 aliphatic carbocycles. The van der Waals surface area contributed by atoms with Gasteiger partial charge in [0.1, 0.15) is 6.10 Å². The molecule has 0 unspecified atom stereocenters. The van der Waals surface area contributed by atoms with Gasteiger partial charge in [0.2, 0.25) is 0 Å². The summed E-state index contributed by atoms with van der Waals surface area (Å²) in [6.45, 7) is 9.33. The van der Waals surface area contributed by atoms with Crippen molar-refractivity contribution in [1.29, 1.82) is 0 Å². The number of allylic oxidation sites excluding steroid dienone is 1. The van der Waals surface area contributed by atoms with Gasteiger partial charge in [-0.3, -0.25) is 4.79 Å². The van der Waals surface area contributed by atoms with E-state index < -0.39 is 0 Å². The van der Waals surface area contributed by atoms with E-state index in [4.69, 9.17) is 4.74 Å². The Hall–Kier alpha value is -0.830. The number of carbonyl (C=O) groups excluding carboxylic acids is 1. The van der Waals surface area contributed by atoms with Crippen molar-refractivity contribution >= 4 is 5.97 Å². The summed E-state index contributed by atoms with van der Waals surface area (Å²) in [6.07, 6.45) is 3.59. The topological polar surface area (TPSA) is 38.3 Å². The fourth-order valence-corrected chi connectivity index (χ4v) is 1.78. The fourth-order valence-electron chi connectivity index (χ4n) is 1.78. The summed E-state index contributed by atoms with van der Waals surface area (Å²) in [6, 6.07) is 0.212. The largest absolute Gasteiger partial charge is 0.461 e. The highest BCUT2D eigenvalue weighted by molar-refractivity contribution is 5.66. The van der Waals surface area contributed by atoms with Crippen molar-refractivity contribution in [3.63, 3.8) is 0 Å². The molecule has 0 aromatic rings. The molecular formula is C12H23NO2. The number of rotatable bonds is 7. The van der Waals surface area contributed by atoms with Gasteiger partial charge in [0.25, 0.3) is 0 Å². The molecule has 3 nitrogen and oxygen atoms in total. The molecular weight excluding hydrogens is 190 g/mol. The van der Waals surface area contributed by atoms with Gasteiger partial charge in [-0.15, -0.1) is 6.58 Å². The lowest BCUT2D eigenvalue weighted by atomic mass is 9.93. The van der Waals surface area contributed by atoms with Crippen LogP contribution in [-0.4, -0.2) is 25.2 Å². The summed E-state index contributed by atoms with van der Waals surface area (Å²) in [5, 5.41) is 3.18. The second-order valence-electron chi connectivity index (χ2n) is 3.88. The maximum atomic E-state index is 11.0. The molecule has 0 aromatic carbocycles. The SMILES string of the molecule is C=CC[C@@H](C)[C@@H](OC(C)=O)[C@@H](CC)NC. The third kappa shape index (κ3) is 4.98. The molecule has 1 N–H and O–H groups in total. The summed E-state index contributed by atoms with van der Waals surface area (Å²) in [7, 11) is 1.89. The first kappa shape index (κ1) is 14.2. The lowest BCUT2D eigenvalue weighted by Crippen LogP contribution is -2.43. The molecule has 0 fully saturated rings. The summed E-state index contributed by atoms with van der Waals surface area (Å²) < 4.78 is 5.36. The molecule has 3 heteroatoms. The number of hydrogen-bond acceptors (Lipinski definition) is 3. The highest BCUT2D eigenvalue weighted by Crippen LogP contribution is 2.18. The number of hydrogen-bond donors (Lipinski definition) is 1. The Morgan fingerprint density at radius 2 is 2.20 bits per heavy atom. The molecule has 0 saturated carbocycles. The van der Waals surface area contributed by atoms with Crippen LogP contribution in [0.4, 0.5) is 0 Å². The molecule has 0 spiro atoms. The lowest BCUT2D eigenvalue weighted by Gasteiger charge is -2.30. The Labute approximate surface area is 92.9 Å². The Bertz CT molecular complexity index is 200. The van der Waals surface area contributed by atoms with Crippen LogP contribution in [0.2, 0.25) is 0 Å². The van der Waals surface area contributed by atoms with E-state index in [-0.39, 0.29) is 18.1 Å². The van der Waals surface area contributed by atoms with Gasteiger partial charge in [-0.05, 0) is 25.8 Å². The number of nitrogens with one attached hydrogen (secondary N) is 1. The maximum Gasteiger partial charge on any atom is 0.302 e.